The van der Waals surface area contributed by atoms with Crippen LogP contribution in [0.25, 0.3) is 0 Å². The molecule has 0 spiro atoms. The number of nitrogens with zero attached hydrogens (tertiary/aromatic N) is 1. The number of aliphatic hydroxyl groups is 3. The van der Waals surface area contributed by atoms with Crippen molar-refractivity contribution in [3.8, 4) is 0 Å². The molecular weight excluding hydrogens is 374 g/mol. The first-order valence-electron chi connectivity index (χ1n) is 7.57. The molecule has 2 heterocycles. The van der Waals surface area contributed by atoms with E-state index in [9.17, 15) is 19.6 Å². The van der Waals surface area contributed by atoms with E-state index in [2.05, 4.69) is 9.26 Å². The van der Waals surface area contributed by atoms with E-state index < -0.39 is 61.1 Å². The molecule has 14 heteroatoms. The smallest absolute Gasteiger partial charge is 0.391 e. The summed E-state index contributed by atoms with van der Waals surface area (Å²) in [6.45, 7) is -4.89. The normalized spacial score (nSPS) is 36.2. The summed E-state index contributed by atoms with van der Waals surface area (Å²) in [6.07, 6.45) is -7.84. The van der Waals surface area contributed by atoms with Gasteiger partial charge < -0.3 is 29.8 Å². The largest absolute Gasteiger partial charge is 0.469 e. The molecule has 24 heavy (non-hydrogen) atoms. The fraction of sp³-hybridized carbons (Fsp3) is 0.600. The minimum Gasteiger partial charge on any atom is -0.391 e. The topological polar surface area (TPSA) is 174 Å². The van der Waals surface area contributed by atoms with Crippen molar-refractivity contribution in [2.45, 2.75) is 30.9 Å². The van der Waals surface area contributed by atoms with Crippen LogP contribution in [-0.2, 0) is 20.4 Å². The molecule has 1 fully saturated rings. The van der Waals surface area contributed by atoms with Crippen molar-refractivity contribution >= 4 is 20.0 Å². The first-order chi connectivity index (χ1) is 12.1. The maximum atomic E-state index is 15.1. The summed E-state index contributed by atoms with van der Waals surface area (Å²) in [4.78, 5) is 31.0. The number of ether oxygens (including phenoxy) is 1. The lowest BCUT2D eigenvalue weighted by atomic mass is 10.1. The molecule has 1 aromatic heterocycles. The van der Waals surface area contributed by atoms with Crippen molar-refractivity contribution in [3.63, 3.8) is 0 Å². The lowest BCUT2D eigenvalue weighted by Gasteiger charge is -2.23. The van der Waals surface area contributed by atoms with Crippen molar-refractivity contribution in [1.82, 2.24) is 9.55 Å². The molecule has 0 aliphatic carbocycles. The van der Waals surface area contributed by atoms with Crippen LogP contribution in [0.15, 0.2) is 11.0 Å². The zero-order chi connectivity index (χ0) is 21.0. The van der Waals surface area contributed by atoms with Gasteiger partial charge in [-0.05, 0) is 12.2 Å². The van der Waals surface area contributed by atoms with Crippen molar-refractivity contribution < 1.29 is 47.4 Å². The van der Waals surface area contributed by atoms with Gasteiger partial charge in [0.15, 0.2) is 11.0 Å². The number of aromatic amines is 1. The van der Waals surface area contributed by atoms with Crippen LogP contribution in [0.1, 0.15) is 15.9 Å². The Hall–Kier alpha value is -1.02. The van der Waals surface area contributed by atoms with Crippen molar-refractivity contribution in [2.24, 2.45) is 0 Å². The highest BCUT2D eigenvalue weighted by atomic mass is 32.1. The van der Waals surface area contributed by atoms with Gasteiger partial charge in [0.1, 0.15) is 18.8 Å². The zero-order valence-corrected chi connectivity index (χ0v) is 13.2. The number of halogens is 1. The predicted molar refractivity (Wildman–Crippen MR) is 75.8 cm³/mol. The highest BCUT2D eigenvalue weighted by Crippen LogP contribution is 2.43. The molecule has 0 unspecified atom stereocenters. The third-order valence-corrected chi connectivity index (χ3v) is 3.54. The Morgan fingerprint density at radius 3 is 2.79 bits per heavy atom. The summed E-state index contributed by atoms with van der Waals surface area (Å²) in [5.41, 5.74) is -1.27. The number of rotatable bonds is 5. The van der Waals surface area contributed by atoms with Crippen molar-refractivity contribution in [3.05, 3.63) is 26.9 Å². The zero-order valence-electron chi connectivity index (χ0n) is 14.5. The number of hydrogen-bond acceptors (Lipinski definition) is 8. The average molecular weight is 391 g/mol. The van der Waals surface area contributed by atoms with Crippen LogP contribution in [0, 0.1) is 4.77 Å². The van der Waals surface area contributed by atoms with E-state index in [-0.39, 0.29) is 0 Å². The van der Waals surface area contributed by atoms with Gasteiger partial charge in [-0.3, -0.25) is 18.9 Å². The molecule has 0 saturated carbocycles. The van der Waals surface area contributed by atoms with Crippen LogP contribution in [0.4, 0.5) is 4.39 Å². The number of aromatic nitrogens is 2. The molecule has 1 aromatic rings. The Morgan fingerprint density at radius 2 is 2.25 bits per heavy atom. The van der Waals surface area contributed by atoms with Crippen LogP contribution >= 0.6 is 20.0 Å². The lowest BCUT2D eigenvalue weighted by molar-refractivity contribution is -0.204. The molecule has 1 aliphatic rings. The third-order valence-electron chi connectivity index (χ3n) is 2.91. The molecule has 1 saturated heterocycles. The molecule has 0 amide bonds. The van der Waals surface area contributed by atoms with Crippen LogP contribution in [0.5, 0.6) is 0 Å². The third kappa shape index (κ3) is 3.79. The van der Waals surface area contributed by atoms with Gasteiger partial charge >= 0.3 is 7.82 Å². The molecule has 11 nitrogen and oxygen atoms in total. The quantitative estimate of drug-likeness (QED) is 0.254. The molecule has 136 valence electrons. The molecule has 0 radical (unpaired) electrons. The second-order valence-corrected chi connectivity index (χ2v) is 6.15. The predicted octanol–water partition coefficient (Wildman–Crippen LogP) is -1.58. The molecule has 2 rings (SSSR count). The fourth-order valence-electron chi connectivity index (χ4n) is 1.79. The molecule has 6 N–H and O–H groups in total. The number of nitrogens with one attached hydrogen (secondary N) is 1. The first-order valence-corrected chi connectivity index (χ1v) is 8.00. The Kier molecular flexibility index (Phi) is 4.26. The van der Waals surface area contributed by atoms with Crippen LogP contribution in [-0.4, -0.2) is 59.3 Å². The van der Waals surface area contributed by atoms with E-state index in [1.54, 1.807) is 0 Å². The van der Waals surface area contributed by atoms with E-state index >= 15 is 4.39 Å². The van der Waals surface area contributed by atoms with Gasteiger partial charge in [-0.15, -0.1) is 0 Å². The standard InChI is InChI=1S/C10H14FN2O9PS/c11-10(3-21-23(18,19)20)6(16)5(15)8(22-10)13-1-4(2-14)7(17)12-9(13)24/h1,5-6,8,14-16H,2-3H2,(H,12,17,24)(H2,18,19,20)/t5-,6+,8-,10-/m1/s1/i3D2,8D. The number of H-pyrrole nitrogens is 1. The van der Waals surface area contributed by atoms with Gasteiger partial charge in [0.2, 0.25) is 0 Å². The van der Waals surface area contributed by atoms with E-state index in [0.29, 0.717) is 10.8 Å². The highest BCUT2D eigenvalue weighted by molar-refractivity contribution is 7.71. The molecule has 0 bridgehead atoms. The molecule has 0 aromatic carbocycles. The van der Waals surface area contributed by atoms with Crippen LogP contribution in [0.3, 0.4) is 0 Å². The van der Waals surface area contributed by atoms with E-state index in [0.717, 1.165) is 0 Å². The summed E-state index contributed by atoms with van der Waals surface area (Å²) >= 11 is 4.76. The number of phosphoric acid groups is 1. The number of aliphatic hydroxyl groups excluding tert-OH is 3. The Balaban J connectivity index is 2.60. The summed E-state index contributed by atoms with van der Waals surface area (Å²) in [6, 6.07) is 0. The van der Waals surface area contributed by atoms with Crippen molar-refractivity contribution in [1.29, 1.82) is 0 Å². The second kappa shape index (κ2) is 6.71. The summed E-state index contributed by atoms with van der Waals surface area (Å²) < 4.78 is 56.8. The SMILES string of the molecule is [2H]C([2H])(OP(=O)(O)O)[C@@]1(F)O[C@@]([2H])(n2cc(CO)c(=O)[nH]c2=S)[C@H](O)[C@@H]1O. The lowest BCUT2D eigenvalue weighted by Crippen LogP contribution is -2.42. The number of phosphoric ester groups is 1. The van der Waals surface area contributed by atoms with Crippen LogP contribution < -0.4 is 5.56 Å². The average Bonchev–Trinajstić information content (AvgIpc) is 2.68. The van der Waals surface area contributed by atoms with Gasteiger partial charge in [-0.25, -0.2) is 8.96 Å². The van der Waals surface area contributed by atoms with Gasteiger partial charge in [0.05, 0.1) is 16.3 Å². The van der Waals surface area contributed by atoms with Gasteiger partial charge in [-0.2, -0.15) is 0 Å². The number of alkyl halides is 1. The van der Waals surface area contributed by atoms with Gasteiger partial charge in [0, 0.05) is 6.20 Å². The summed E-state index contributed by atoms with van der Waals surface area (Å²) in [7, 11) is -5.63. The Labute approximate surface area is 142 Å². The minimum absolute atomic E-state index is 0.397. The minimum atomic E-state index is -5.63. The maximum Gasteiger partial charge on any atom is 0.469 e. The summed E-state index contributed by atoms with van der Waals surface area (Å²) in [5, 5.41) is 29.1. The maximum absolute atomic E-state index is 15.1. The Morgan fingerprint density at radius 1 is 1.62 bits per heavy atom. The van der Waals surface area contributed by atoms with Crippen LogP contribution in [0.2, 0.25) is 0 Å². The first kappa shape index (κ1) is 15.3. The fourth-order valence-corrected chi connectivity index (χ4v) is 2.27. The second-order valence-electron chi connectivity index (χ2n) is 4.60. The van der Waals surface area contributed by atoms with Crippen molar-refractivity contribution in [2.75, 3.05) is 6.56 Å². The van der Waals surface area contributed by atoms with E-state index in [1.165, 1.54) is 0 Å². The number of hydrogen-bond donors (Lipinski definition) is 6. The van der Waals surface area contributed by atoms with E-state index in [1.807, 2.05) is 4.98 Å². The monoisotopic (exact) mass is 391 g/mol. The Bertz CT molecular complexity index is 909. The molecular formula is C10H14FN2O9PS. The van der Waals surface area contributed by atoms with E-state index in [4.69, 9.17) is 31.2 Å². The molecule has 4 atom stereocenters. The van der Waals surface area contributed by atoms with Gasteiger partial charge in [-0.1, -0.05) is 0 Å². The summed E-state index contributed by atoms with van der Waals surface area (Å²) in [5.74, 6) is -4.14. The molecule has 1 aliphatic heterocycles. The highest BCUT2D eigenvalue weighted by Gasteiger charge is 2.57. The van der Waals surface area contributed by atoms with Gasteiger partial charge in [0.25, 0.3) is 11.4 Å².